The van der Waals surface area contributed by atoms with Crippen LogP contribution < -0.4 is 10.1 Å². The number of nitro benzene ring substituents is 1. The van der Waals surface area contributed by atoms with E-state index in [9.17, 15) is 14.9 Å². The van der Waals surface area contributed by atoms with Crippen LogP contribution >= 0.6 is 0 Å². The van der Waals surface area contributed by atoms with Gasteiger partial charge in [0.05, 0.1) is 11.5 Å². The highest BCUT2D eigenvalue weighted by Gasteiger charge is 2.30. The predicted octanol–water partition coefficient (Wildman–Crippen LogP) is 1.79. The first-order chi connectivity index (χ1) is 10.1. The van der Waals surface area contributed by atoms with Crippen molar-refractivity contribution in [2.45, 2.75) is 32.4 Å². The van der Waals surface area contributed by atoms with E-state index in [2.05, 4.69) is 5.32 Å². The first-order valence-corrected chi connectivity index (χ1v) is 6.93. The van der Waals surface area contributed by atoms with Crippen LogP contribution in [-0.4, -0.2) is 30.1 Å². The zero-order valence-electron chi connectivity index (χ0n) is 11.8. The molecule has 1 fully saturated rings. The van der Waals surface area contributed by atoms with Crippen LogP contribution in [0.5, 0.6) is 5.75 Å². The summed E-state index contributed by atoms with van der Waals surface area (Å²) in [7, 11) is 0. The minimum Gasteiger partial charge on any atom is -0.471 e. The molecule has 1 aromatic carbocycles. The predicted molar refractivity (Wildman–Crippen MR) is 75.1 cm³/mol. The van der Waals surface area contributed by atoms with Crippen LogP contribution in [0.15, 0.2) is 18.2 Å². The van der Waals surface area contributed by atoms with E-state index in [-0.39, 0.29) is 18.0 Å². The minimum absolute atomic E-state index is 0.100. The smallest absolute Gasteiger partial charge is 0.347 e. The topological polar surface area (TPSA) is 90.7 Å². The average Bonchev–Trinajstić information content (AvgIpc) is 2.86. The van der Waals surface area contributed by atoms with Gasteiger partial charge < -0.3 is 14.8 Å². The van der Waals surface area contributed by atoms with E-state index in [1.807, 2.05) is 6.92 Å². The van der Waals surface area contributed by atoms with Gasteiger partial charge in [-0.15, -0.1) is 0 Å². The molecule has 1 heterocycles. The maximum atomic E-state index is 11.4. The maximum Gasteiger partial charge on any atom is 0.347 e. The quantitative estimate of drug-likeness (QED) is 0.357. The molecule has 1 saturated heterocycles. The van der Waals surface area contributed by atoms with Crippen LogP contribution in [-0.2, 0) is 16.1 Å². The van der Waals surface area contributed by atoms with Gasteiger partial charge in [0.2, 0.25) is 0 Å². The lowest BCUT2D eigenvalue weighted by atomic mass is 10.2. The maximum absolute atomic E-state index is 11.4. The second-order valence-corrected chi connectivity index (χ2v) is 4.80. The fraction of sp³-hybridized carbons (Fsp3) is 0.500. The third-order valence-corrected chi connectivity index (χ3v) is 3.13. The number of hydrogen-bond donors (Lipinski definition) is 1. The third-order valence-electron chi connectivity index (χ3n) is 3.13. The largest absolute Gasteiger partial charge is 0.471 e. The van der Waals surface area contributed by atoms with Crippen molar-refractivity contribution in [3.63, 3.8) is 0 Å². The van der Waals surface area contributed by atoms with E-state index in [0.717, 1.165) is 18.5 Å². The Balaban J connectivity index is 2.13. The van der Waals surface area contributed by atoms with Crippen molar-refractivity contribution in [1.29, 1.82) is 0 Å². The Morgan fingerprint density at radius 2 is 2.33 bits per heavy atom. The summed E-state index contributed by atoms with van der Waals surface area (Å²) in [4.78, 5) is 22.0. The number of rotatable bonds is 7. The molecule has 1 atom stereocenters. The van der Waals surface area contributed by atoms with E-state index < -0.39 is 17.0 Å². The number of carbonyl (C=O) groups is 1. The fourth-order valence-corrected chi connectivity index (χ4v) is 2.06. The van der Waals surface area contributed by atoms with E-state index in [4.69, 9.17) is 9.47 Å². The SMILES string of the molecule is CCCNCc1ccc(OC2CCOC2=O)c([N+](=O)[O-])c1. The van der Waals surface area contributed by atoms with Crippen molar-refractivity contribution in [2.24, 2.45) is 0 Å². The highest BCUT2D eigenvalue weighted by Crippen LogP contribution is 2.30. The van der Waals surface area contributed by atoms with Gasteiger partial charge in [0.25, 0.3) is 0 Å². The Morgan fingerprint density at radius 1 is 1.52 bits per heavy atom. The molecule has 1 aromatic rings. The van der Waals surface area contributed by atoms with Crippen LogP contribution in [0.2, 0.25) is 0 Å². The molecule has 7 heteroatoms. The Bertz CT molecular complexity index is 532. The summed E-state index contributed by atoms with van der Waals surface area (Å²) in [6, 6.07) is 4.76. The van der Waals surface area contributed by atoms with Crippen molar-refractivity contribution in [2.75, 3.05) is 13.2 Å². The summed E-state index contributed by atoms with van der Waals surface area (Å²) in [5.41, 5.74) is 0.669. The molecule has 2 rings (SSSR count). The van der Waals surface area contributed by atoms with Crippen LogP contribution in [0.1, 0.15) is 25.3 Å². The Labute approximate surface area is 122 Å². The standard InChI is InChI=1S/C14H18N2O5/c1-2-6-15-9-10-3-4-12(11(8-10)16(18)19)21-13-5-7-20-14(13)17/h3-4,8,13,15H,2,5-7,9H2,1H3. The summed E-state index contributed by atoms with van der Waals surface area (Å²) in [6.45, 7) is 3.74. The van der Waals surface area contributed by atoms with Crippen molar-refractivity contribution in [1.82, 2.24) is 5.32 Å². The highest BCUT2D eigenvalue weighted by molar-refractivity contribution is 5.77. The molecule has 0 spiro atoms. The molecule has 1 aliphatic heterocycles. The zero-order chi connectivity index (χ0) is 15.2. The Hall–Kier alpha value is -2.15. The summed E-state index contributed by atoms with van der Waals surface area (Å²) in [5, 5.41) is 14.3. The number of cyclic esters (lactones) is 1. The van der Waals surface area contributed by atoms with Gasteiger partial charge in [-0.3, -0.25) is 10.1 Å². The lowest BCUT2D eigenvalue weighted by molar-refractivity contribution is -0.386. The summed E-state index contributed by atoms with van der Waals surface area (Å²) in [6.07, 6.45) is 0.649. The van der Waals surface area contributed by atoms with Gasteiger partial charge in [0, 0.05) is 19.0 Å². The van der Waals surface area contributed by atoms with Gasteiger partial charge >= 0.3 is 11.7 Å². The first-order valence-electron chi connectivity index (χ1n) is 6.93. The second kappa shape index (κ2) is 7.03. The number of carbonyl (C=O) groups excluding carboxylic acids is 1. The molecule has 1 N–H and O–H groups in total. The van der Waals surface area contributed by atoms with Crippen molar-refractivity contribution in [3.8, 4) is 5.75 Å². The number of nitrogens with one attached hydrogen (secondary N) is 1. The molecule has 0 aliphatic carbocycles. The molecule has 1 aliphatic rings. The molecule has 0 radical (unpaired) electrons. The van der Waals surface area contributed by atoms with Gasteiger partial charge in [-0.25, -0.2) is 4.79 Å². The monoisotopic (exact) mass is 294 g/mol. The van der Waals surface area contributed by atoms with Crippen molar-refractivity contribution < 1.29 is 19.2 Å². The number of hydrogen-bond acceptors (Lipinski definition) is 6. The van der Waals surface area contributed by atoms with Crippen LogP contribution in [0, 0.1) is 10.1 Å². The van der Waals surface area contributed by atoms with Crippen LogP contribution in [0.25, 0.3) is 0 Å². The third kappa shape index (κ3) is 3.91. The molecule has 1 unspecified atom stereocenters. The summed E-state index contributed by atoms with van der Waals surface area (Å²) < 4.78 is 10.2. The Kier molecular flexibility index (Phi) is 5.10. The number of nitrogens with zero attached hydrogens (tertiary/aromatic N) is 1. The molecule has 7 nitrogen and oxygen atoms in total. The highest BCUT2D eigenvalue weighted by atomic mass is 16.6. The van der Waals surface area contributed by atoms with E-state index in [0.29, 0.717) is 13.0 Å². The minimum atomic E-state index is -0.757. The molecule has 0 amide bonds. The Morgan fingerprint density at radius 3 is 2.95 bits per heavy atom. The number of benzene rings is 1. The molecule has 114 valence electrons. The lowest BCUT2D eigenvalue weighted by Crippen LogP contribution is -2.22. The first kappa shape index (κ1) is 15.2. The molecule has 0 saturated carbocycles. The molecular formula is C14H18N2O5. The van der Waals surface area contributed by atoms with Gasteiger partial charge in [0.1, 0.15) is 0 Å². The molecular weight excluding hydrogens is 276 g/mol. The average molecular weight is 294 g/mol. The zero-order valence-corrected chi connectivity index (χ0v) is 11.8. The summed E-state index contributed by atoms with van der Waals surface area (Å²) >= 11 is 0. The van der Waals surface area contributed by atoms with E-state index in [1.165, 1.54) is 12.1 Å². The van der Waals surface area contributed by atoms with Gasteiger partial charge in [-0.2, -0.15) is 0 Å². The number of nitro groups is 1. The van der Waals surface area contributed by atoms with Crippen molar-refractivity contribution in [3.05, 3.63) is 33.9 Å². The van der Waals surface area contributed by atoms with Crippen molar-refractivity contribution >= 4 is 11.7 Å². The molecule has 0 aromatic heterocycles. The molecule has 21 heavy (non-hydrogen) atoms. The molecule has 0 bridgehead atoms. The summed E-state index contributed by atoms with van der Waals surface area (Å²) in [5.74, 6) is -0.374. The van der Waals surface area contributed by atoms with Gasteiger partial charge in [0.15, 0.2) is 11.9 Å². The van der Waals surface area contributed by atoms with Gasteiger partial charge in [-0.05, 0) is 24.6 Å². The van der Waals surface area contributed by atoms with Crippen LogP contribution in [0.4, 0.5) is 5.69 Å². The van der Waals surface area contributed by atoms with Crippen LogP contribution in [0.3, 0.4) is 0 Å². The number of ether oxygens (including phenoxy) is 2. The number of esters is 1. The van der Waals surface area contributed by atoms with E-state index >= 15 is 0 Å². The normalized spacial score (nSPS) is 17.6. The second-order valence-electron chi connectivity index (χ2n) is 4.80. The fourth-order valence-electron chi connectivity index (χ4n) is 2.06. The lowest BCUT2D eigenvalue weighted by Gasteiger charge is -2.11. The van der Waals surface area contributed by atoms with Gasteiger partial charge in [-0.1, -0.05) is 13.0 Å². The van der Waals surface area contributed by atoms with E-state index in [1.54, 1.807) is 6.07 Å².